The zero-order chi connectivity index (χ0) is 5.98. The molecule has 0 aromatic carbocycles. The third-order valence-electron chi connectivity index (χ3n) is 0.331. The minimum atomic E-state index is -0.162. The molecule has 0 radical (unpaired) electrons. The van der Waals surface area contributed by atoms with Gasteiger partial charge < -0.3 is 0 Å². The van der Waals surface area contributed by atoms with E-state index >= 15 is 0 Å². The van der Waals surface area contributed by atoms with Crippen molar-refractivity contribution in [1.82, 2.24) is 15.0 Å². The molecule has 0 saturated carbocycles. The van der Waals surface area contributed by atoms with E-state index in [2.05, 4.69) is 15.0 Å². The maximum absolute atomic E-state index is 6.75. The minimum absolute atomic E-state index is 0.162. The first kappa shape index (κ1) is 1.64. The smallest absolute Gasteiger partial charge is 0.119 e. The molecule has 0 aliphatic heterocycles. The van der Waals surface area contributed by atoms with Gasteiger partial charge in [0.05, 0.1) is 0 Å². The molecule has 0 amide bonds. The van der Waals surface area contributed by atoms with Gasteiger partial charge in [-0.1, -0.05) is 0 Å². The number of nitrogens with zero attached hydrogens (tertiary/aromatic N) is 3. The second-order valence-corrected chi connectivity index (χ2v) is 0.685. The summed E-state index contributed by atoms with van der Waals surface area (Å²) in [6.45, 7) is 0. The molecule has 1 rings (SSSR count). The van der Waals surface area contributed by atoms with Crippen molar-refractivity contribution in [2.45, 2.75) is 0 Å². The third-order valence-corrected chi connectivity index (χ3v) is 0.331. The fourth-order valence-electron chi connectivity index (χ4n) is 0.161. The normalized spacial score (nSPS) is 12.7. The Morgan fingerprint density at radius 1 is 1.17 bits per heavy atom. The molecule has 6 heavy (non-hydrogen) atoms. The molecule has 0 atom stereocenters. The lowest BCUT2D eigenvalue weighted by Crippen LogP contribution is -1.73. The molecule has 30 valence electrons. The van der Waals surface area contributed by atoms with Crippen LogP contribution in [0.1, 0.15) is 2.74 Å². The standard InChI is InChI=1S/C3H3N3/c1-4-2-6-3-5-1/h1-3H/i1T,2T. The first-order chi connectivity index (χ1) is 3.79. The molecule has 1 aromatic rings. The van der Waals surface area contributed by atoms with E-state index in [0.717, 1.165) is 6.33 Å². The fraction of sp³-hybridized carbons (Fsp3) is 0. The van der Waals surface area contributed by atoms with E-state index in [-0.39, 0.29) is 12.6 Å². The molecule has 0 fully saturated rings. The Kier molecular flexibility index (Phi) is 0.395. The Morgan fingerprint density at radius 2 is 1.83 bits per heavy atom. The van der Waals surface area contributed by atoms with Crippen molar-refractivity contribution in [2.75, 3.05) is 0 Å². The summed E-state index contributed by atoms with van der Waals surface area (Å²) in [5.41, 5.74) is 0. The number of hydrogen-bond donors (Lipinski definition) is 0. The maximum atomic E-state index is 6.75. The van der Waals surface area contributed by atoms with E-state index in [4.69, 9.17) is 2.74 Å². The zero-order valence-corrected chi connectivity index (χ0v) is 2.92. The van der Waals surface area contributed by atoms with Gasteiger partial charge in [-0.2, -0.15) is 0 Å². The molecule has 0 N–H and O–H groups in total. The topological polar surface area (TPSA) is 38.7 Å². The maximum Gasteiger partial charge on any atom is 0.119 e. The highest BCUT2D eigenvalue weighted by molar-refractivity contribution is 4.51. The Bertz CT molecular complexity index is 172. The number of hydrogen-bond acceptors (Lipinski definition) is 3. The summed E-state index contributed by atoms with van der Waals surface area (Å²) in [5.74, 6) is 0. The van der Waals surface area contributed by atoms with Gasteiger partial charge in [0.25, 0.3) is 0 Å². The average Bonchev–Trinajstić information content (AvgIpc) is 1.64. The van der Waals surface area contributed by atoms with Crippen molar-refractivity contribution >= 4 is 0 Å². The van der Waals surface area contributed by atoms with Crippen LogP contribution in [-0.2, 0) is 0 Å². The van der Waals surface area contributed by atoms with Crippen molar-refractivity contribution < 1.29 is 2.74 Å². The summed E-state index contributed by atoms with van der Waals surface area (Å²) in [6, 6.07) is 0. The van der Waals surface area contributed by atoms with Gasteiger partial charge in [0.1, 0.15) is 21.7 Å². The summed E-state index contributed by atoms with van der Waals surface area (Å²) in [5, 5.41) is 0. The van der Waals surface area contributed by atoms with Crippen LogP contribution in [0.4, 0.5) is 0 Å². The van der Waals surface area contributed by atoms with Crippen LogP contribution in [0.15, 0.2) is 18.9 Å². The van der Waals surface area contributed by atoms with Gasteiger partial charge in [-0.25, -0.2) is 15.0 Å². The molecule has 0 saturated heterocycles. The molecule has 0 aliphatic carbocycles. The quantitative estimate of drug-likeness (QED) is 0.440. The molecule has 0 aliphatic rings. The first-order valence-corrected chi connectivity index (χ1v) is 1.41. The Morgan fingerprint density at radius 3 is 2.17 bits per heavy atom. The summed E-state index contributed by atoms with van der Waals surface area (Å²) in [6.07, 6.45) is 0.813. The Labute approximate surface area is 37.9 Å². The van der Waals surface area contributed by atoms with Crippen LogP contribution in [0.2, 0.25) is 0 Å². The van der Waals surface area contributed by atoms with Crippen LogP contribution < -0.4 is 0 Å². The van der Waals surface area contributed by atoms with Gasteiger partial charge in [-0.05, 0) is 0 Å². The molecule has 0 spiro atoms. The van der Waals surface area contributed by atoms with Crippen LogP contribution in [-0.4, -0.2) is 15.0 Å². The second kappa shape index (κ2) is 1.45. The largest absolute Gasteiger partial charge is 0.225 e. The molecule has 3 heteroatoms. The lowest BCUT2D eigenvalue weighted by Gasteiger charge is -1.69. The van der Waals surface area contributed by atoms with Gasteiger partial charge in [0.2, 0.25) is 0 Å². The van der Waals surface area contributed by atoms with E-state index in [1.165, 1.54) is 0 Å². The Balaban J connectivity index is 3.08. The van der Waals surface area contributed by atoms with Gasteiger partial charge in [-0.3, -0.25) is 0 Å². The van der Waals surface area contributed by atoms with Crippen LogP contribution >= 0.6 is 0 Å². The van der Waals surface area contributed by atoms with Crippen LogP contribution in [0.25, 0.3) is 0 Å². The molecular formula is C3H3N3. The van der Waals surface area contributed by atoms with E-state index < -0.39 is 0 Å². The highest BCUT2D eigenvalue weighted by atomic mass is 14.9. The highest BCUT2D eigenvalue weighted by Gasteiger charge is 1.59. The van der Waals surface area contributed by atoms with Gasteiger partial charge in [0.15, 0.2) is 0 Å². The second-order valence-electron chi connectivity index (χ2n) is 0.685. The van der Waals surface area contributed by atoms with Crippen molar-refractivity contribution in [1.29, 1.82) is 0 Å². The summed E-state index contributed by atoms with van der Waals surface area (Å²) in [4.78, 5) is 10.0. The predicted molar refractivity (Wildman–Crippen MR) is 19.8 cm³/mol. The zero-order valence-electron chi connectivity index (χ0n) is 4.92. The summed E-state index contributed by atoms with van der Waals surface area (Å²) < 4.78 is 13.5. The lowest BCUT2D eigenvalue weighted by molar-refractivity contribution is 1.05. The average molecular weight is 85.1 g/mol. The molecule has 1 aromatic heterocycles. The Hall–Kier alpha value is -0.990. The van der Waals surface area contributed by atoms with E-state index in [1.54, 1.807) is 0 Å². The highest BCUT2D eigenvalue weighted by Crippen LogP contribution is 1.57. The third kappa shape index (κ3) is 0.484. The van der Waals surface area contributed by atoms with Crippen molar-refractivity contribution in [3.63, 3.8) is 0 Å². The SMILES string of the molecule is [3H]c1ncnc([3H])n1. The minimum Gasteiger partial charge on any atom is -0.225 e. The molecular weight excluding hydrogens is 78.1 g/mol. The number of aromatic nitrogens is 3. The predicted octanol–water partition coefficient (Wildman–Crippen LogP) is -0.128. The van der Waals surface area contributed by atoms with Crippen LogP contribution in [0.3, 0.4) is 0 Å². The van der Waals surface area contributed by atoms with Gasteiger partial charge >= 0.3 is 0 Å². The summed E-state index contributed by atoms with van der Waals surface area (Å²) >= 11 is 0. The monoisotopic (exact) mass is 85.0 g/mol. The molecule has 0 bridgehead atoms. The lowest BCUT2D eigenvalue weighted by atomic mass is 11.1. The van der Waals surface area contributed by atoms with E-state index in [1.807, 2.05) is 0 Å². The summed E-state index contributed by atoms with van der Waals surface area (Å²) in [7, 11) is 0. The molecule has 0 unspecified atom stereocenters. The fourth-order valence-corrected chi connectivity index (χ4v) is 0.161. The number of rotatable bonds is 0. The van der Waals surface area contributed by atoms with E-state index in [9.17, 15) is 0 Å². The van der Waals surface area contributed by atoms with Crippen LogP contribution in [0, 0.1) is 0 Å². The van der Waals surface area contributed by atoms with Crippen molar-refractivity contribution in [2.24, 2.45) is 0 Å². The molecule has 3 nitrogen and oxygen atoms in total. The first-order valence-electron chi connectivity index (χ1n) is 2.41. The van der Waals surface area contributed by atoms with E-state index in [0.29, 0.717) is 0 Å². The molecule has 1 heterocycles. The van der Waals surface area contributed by atoms with Crippen molar-refractivity contribution in [3.8, 4) is 0 Å². The van der Waals surface area contributed by atoms with Crippen LogP contribution in [0.5, 0.6) is 0 Å². The van der Waals surface area contributed by atoms with Gasteiger partial charge in [0, 0.05) is 0 Å². The van der Waals surface area contributed by atoms with Crippen molar-refractivity contribution in [3.05, 3.63) is 18.9 Å². The van der Waals surface area contributed by atoms with Gasteiger partial charge in [-0.15, -0.1) is 0 Å².